The van der Waals surface area contributed by atoms with Crippen molar-refractivity contribution in [1.29, 1.82) is 0 Å². The van der Waals surface area contributed by atoms with Crippen molar-refractivity contribution in [2.24, 2.45) is 5.92 Å². The standard InChI is InChI=1S/C17H22O4/c1-2-11-8-15-16(21-7-3-6-20-15)9-13(11)14(10-17(18)19)12-4-5-12/h8-9,12,14H,2-7,10H2,1H3,(H,18,19). The first kappa shape index (κ1) is 14.2. The van der Waals surface area contributed by atoms with E-state index in [0.29, 0.717) is 19.1 Å². The van der Waals surface area contributed by atoms with Gasteiger partial charge in [0.1, 0.15) is 0 Å². The molecular weight excluding hydrogens is 268 g/mol. The smallest absolute Gasteiger partial charge is 0.303 e. The van der Waals surface area contributed by atoms with Crippen LogP contribution in [-0.4, -0.2) is 24.3 Å². The molecule has 4 nitrogen and oxygen atoms in total. The molecule has 1 fully saturated rings. The lowest BCUT2D eigenvalue weighted by Gasteiger charge is -2.20. The van der Waals surface area contributed by atoms with E-state index in [0.717, 1.165) is 42.7 Å². The lowest BCUT2D eigenvalue weighted by atomic mass is 9.86. The Labute approximate surface area is 125 Å². The molecule has 0 saturated heterocycles. The van der Waals surface area contributed by atoms with Crippen LogP contribution in [0.2, 0.25) is 0 Å². The van der Waals surface area contributed by atoms with Crippen LogP contribution in [0.5, 0.6) is 11.5 Å². The quantitative estimate of drug-likeness (QED) is 0.903. The summed E-state index contributed by atoms with van der Waals surface area (Å²) in [5.74, 6) is 1.47. The van der Waals surface area contributed by atoms with Gasteiger partial charge in [-0.25, -0.2) is 0 Å². The van der Waals surface area contributed by atoms with E-state index in [2.05, 4.69) is 6.92 Å². The largest absolute Gasteiger partial charge is 0.490 e. The van der Waals surface area contributed by atoms with Crippen LogP contribution in [0, 0.1) is 5.92 Å². The van der Waals surface area contributed by atoms with Crippen molar-refractivity contribution in [3.8, 4) is 11.5 Å². The summed E-state index contributed by atoms with van der Waals surface area (Å²) in [6, 6.07) is 4.08. The zero-order valence-corrected chi connectivity index (χ0v) is 12.4. The summed E-state index contributed by atoms with van der Waals surface area (Å²) in [6.07, 6.45) is 4.24. The fraction of sp³-hybridized carbons (Fsp3) is 0.588. The molecule has 1 N–H and O–H groups in total. The van der Waals surface area contributed by atoms with Gasteiger partial charge in [-0.1, -0.05) is 6.92 Å². The fourth-order valence-electron chi connectivity index (χ4n) is 3.14. The zero-order valence-electron chi connectivity index (χ0n) is 12.4. The molecule has 1 aliphatic carbocycles. The number of hydrogen-bond acceptors (Lipinski definition) is 3. The highest BCUT2D eigenvalue weighted by Crippen LogP contribution is 2.47. The molecule has 0 amide bonds. The minimum absolute atomic E-state index is 0.106. The topological polar surface area (TPSA) is 55.8 Å². The second kappa shape index (κ2) is 5.96. The Morgan fingerprint density at radius 3 is 2.52 bits per heavy atom. The average Bonchev–Trinajstić information content (AvgIpc) is 3.29. The van der Waals surface area contributed by atoms with Crippen molar-refractivity contribution in [1.82, 2.24) is 0 Å². The minimum atomic E-state index is -0.721. The van der Waals surface area contributed by atoms with E-state index in [1.165, 1.54) is 5.56 Å². The SMILES string of the molecule is CCc1cc2c(cc1C(CC(=O)O)C1CC1)OCCCO2. The van der Waals surface area contributed by atoms with Crippen LogP contribution in [0.1, 0.15) is 49.7 Å². The molecule has 1 heterocycles. The summed E-state index contributed by atoms with van der Waals surface area (Å²) in [6.45, 7) is 3.44. The lowest BCUT2D eigenvalue weighted by Crippen LogP contribution is -2.11. The Hall–Kier alpha value is -1.71. The Bertz CT molecular complexity index is 534. The van der Waals surface area contributed by atoms with Crippen molar-refractivity contribution in [3.63, 3.8) is 0 Å². The molecule has 0 radical (unpaired) electrons. The number of aliphatic carboxylic acids is 1. The number of carboxylic acids is 1. The van der Waals surface area contributed by atoms with Gasteiger partial charge < -0.3 is 14.6 Å². The summed E-state index contributed by atoms with van der Waals surface area (Å²) >= 11 is 0. The summed E-state index contributed by atoms with van der Waals surface area (Å²) in [7, 11) is 0. The van der Waals surface area contributed by atoms with Gasteiger partial charge in [-0.05, 0) is 54.4 Å². The van der Waals surface area contributed by atoms with Gasteiger partial charge in [-0.2, -0.15) is 0 Å². The molecule has 4 heteroatoms. The molecule has 0 bridgehead atoms. The predicted octanol–water partition coefficient (Wildman–Crippen LogP) is 3.38. The van der Waals surface area contributed by atoms with Crippen molar-refractivity contribution in [2.75, 3.05) is 13.2 Å². The van der Waals surface area contributed by atoms with E-state index in [9.17, 15) is 9.90 Å². The van der Waals surface area contributed by atoms with Crippen molar-refractivity contribution in [2.45, 2.75) is 44.9 Å². The monoisotopic (exact) mass is 290 g/mol. The van der Waals surface area contributed by atoms with E-state index >= 15 is 0 Å². The molecule has 0 spiro atoms. The van der Waals surface area contributed by atoms with Gasteiger partial charge in [-0.15, -0.1) is 0 Å². The number of fused-ring (bicyclic) bond motifs is 1. The molecule has 3 rings (SSSR count). The number of hydrogen-bond donors (Lipinski definition) is 1. The first-order chi connectivity index (χ1) is 10.2. The summed E-state index contributed by atoms with van der Waals surface area (Å²) in [4.78, 5) is 11.2. The Balaban J connectivity index is 1.98. The molecular formula is C17H22O4. The van der Waals surface area contributed by atoms with E-state index in [1.54, 1.807) is 0 Å². The summed E-state index contributed by atoms with van der Waals surface area (Å²) in [5.41, 5.74) is 2.34. The van der Waals surface area contributed by atoms with Crippen LogP contribution in [0.25, 0.3) is 0 Å². The van der Waals surface area contributed by atoms with E-state index in [-0.39, 0.29) is 12.3 Å². The molecule has 0 aromatic heterocycles. The molecule has 1 atom stereocenters. The molecule has 1 aromatic rings. The highest BCUT2D eigenvalue weighted by atomic mass is 16.5. The van der Waals surface area contributed by atoms with E-state index in [4.69, 9.17) is 9.47 Å². The lowest BCUT2D eigenvalue weighted by molar-refractivity contribution is -0.137. The number of carbonyl (C=O) groups is 1. The van der Waals surface area contributed by atoms with Crippen molar-refractivity contribution < 1.29 is 19.4 Å². The highest BCUT2D eigenvalue weighted by Gasteiger charge is 2.35. The number of rotatable bonds is 5. The van der Waals surface area contributed by atoms with E-state index < -0.39 is 5.97 Å². The second-order valence-corrected chi connectivity index (χ2v) is 5.94. The first-order valence-electron chi connectivity index (χ1n) is 7.83. The average molecular weight is 290 g/mol. The van der Waals surface area contributed by atoms with Gasteiger partial charge in [0.15, 0.2) is 11.5 Å². The third-order valence-corrected chi connectivity index (χ3v) is 4.38. The number of benzene rings is 1. The third-order valence-electron chi connectivity index (χ3n) is 4.38. The predicted molar refractivity (Wildman–Crippen MR) is 79.1 cm³/mol. The van der Waals surface area contributed by atoms with Gasteiger partial charge in [0.25, 0.3) is 0 Å². The Morgan fingerprint density at radius 2 is 1.95 bits per heavy atom. The molecule has 114 valence electrons. The molecule has 2 aliphatic rings. The number of carboxylic acid groups (broad SMARTS) is 1. The van der Waals surface area contributed by atoms with Crippen LogP contribution in [-0.2, 0) is 11.2 Å². The van der Waals surface area contributed by atoms with E-state index in [1.807, 2.05) is 12.1 Å². The highest BCUT2D eigenvalue weighted by molar-refractivity contribution is 5.68. The van der Waals surface area contributed by atoms with Crippen molar-refractivity contribution in [3.05, 3.63) is 23.3 Å². The van der Waals surface area contributed by atoms with Crippen molar-refractivity contribution >= 4 is 5.97 Å². The second-order valence-electron chi connectivity index (χ2n) is 5.94. The molecule has 1 aromatic carbocycles. The molecule has 1 saturated carbocycles. The van der Waals surface area contributed by atoms with Gasteiger partial charge >= 0.3 is 5.97 Å². The first-order valence-corrected chi connectivity index (χ1v) is 7.83. The Morgan fingerprint density at radius 1 is 1.29 bits per heavy atom. The molecule has 1 unspecified atom stereocenters. The van der Waals surface area contributed by atoms with Crippen LogP contribution in [0.3, 0.4) is 0 Å². The van der Waals surface area contributed by atoms with Gasteiger partial charge in [0, 0.05) is 6.42 Å². The zero-order chi connectivity index (χ0) is 14.8. The minimum Gasteiger partial charge on any atom is -0.490 e. The third kappa shape index (κ3) is 3.14. The Kier molecular flexibility index (Phi) is 4.04. The van der Waals surface area contributed by atoms with Crippen LogP contribution in [0.4, 0.5) is 0 Å². The molecule has 21 heavy (non-hydrogen) atoms. The maximum absolute atomic E-state index is 11.2. The van der Waals surface area contributed by atoms with Gasteiger partial charge in [0.05, 0.1) is 19.6 Å². The maximum Gasteiger partial charge on any atom is 0.303 e. The fourth-order valence-corrected chi connectivity index (χ4v) is 3.14. The normalized spacial score (nSPS) is 18.9. The summed E-state index contributed by atoms with van der Waals surface area (Å²) in [5, 5.41) is 9.21. The maximum atomic E-state index is 11.2. The van der Waals surface area contributed by atoms with Gasteiger partial charge in [-0.3, -0.25) is 4.79 Å². The number of ether oxygens (including phenoxy) is 2. The summed E-state index contributed by atoms with van der Waals surface area (Å²) < 4.78 is 11.5. The van der Waals surface area contributed by atoms with Crippen LogP contribution in [0.15, 0.2) is 12.1 Å². The number of aryl methyl sites for hydroxylation is 1. The van der Waals surface area contributed by atoms with Crippen LogP contribution >= 0.6 is 0 Å². The molecule has 1 aliphatic heterocycles. The van der Waals surface area contributed by atoms with Gasteiger partial charge in [0.2, 0.25) is 0 Å². The van der Waals surface area contributed by atoms with Crippen LogP contribution < -0.4 is 9.47 Å².